The zero-order chi connectivity index (χ0) is 18.6. The molecule has 0 spiro atoms. The quantitative estimate of drug-likeness (QED) is 0.838. The van der Waals surface area contributed by atoms with Crippen LogP contribution in [0.3, 0.4) is 0 Å². The van der Waals surface area contributed by atoms with Crippen LogP contribution in [0.1, 0.15) is 30.1 Å². The third-order valence-electron chi connectivity index (χ3n) is 5.66. The van der Waals surface area contributed by atoms with E-state index in [0.29, 0.717) is 5.92 Å². The molecule has 1 aromatic heterocycles. The van der Waals surface area contributed by atoms with Gasteiger partial charge in [-0.2, -0.15) is 0 Å². The van der Waals surface area contributed by atoms with E-state index in [-0.39, 0.29) is 5.91 Å². The van der Waals surface area contributed by atoms with Crippen LogP contribution >= 0.6 is 0 Å². The molecule has 2 saturated heterocycles. The first-order chi connectivity index (χ1) is 13.2. The zero-order valence-corrected chi connectivity index (χ0v) is 16.1. The lowest BCUT2D eigenvalue weighted by Gasteiger charge is -2.37. The van der Waals surface area contributed by atoms with Crippen LogP contribution in [-0.4, -0.2) is 55.1 Å². The lowest BCUT2D eigenvalue weighted by atomic mass is 9.99. The number of anilines is 2. The molecule has 1 aromatic carbocycles. The van der Waals surface area contributed by atoms with Gasteiger partial charge >= 0.3 is 0 Å². The first kappa shape index (κ1) is 17.8. The van der Waals surface area contributed by atoms with E-state index in [2.05, 4.69) is 52.0 Å². The Morgan fingerprint density at radius 2 is 1.74 bits per heavy atom. The Morgan fingerprint density at radius 3 is 2.48 bits per heavy atom. The number of hydrogen-bond acceptors (Lipinski definition) is 4. The highest BCUT2D eigenvalue weighted by atomic mass is 16.2. The van der Waals surface area contributed by atoms with E-state index < -0.39 is 0 Å². The minimum Gasteiger partial charge on any atom is -0.368 e. The molecule has 2 fully saturated rings. The van der Waals surface area contributed by atoms with E-state index in [9.17, 15) is 4.79 Å². The normalized spacial score (nSPS) is 20.6. The van der Waals surface area contributed by atoms with Gasteiger partial charge in [-0.05, 0) is 43.0 Å². The van der Waals surface area contributed by atoms with E-state index in [1.54, 1.807) is 6.20 Å². The zero-order valence-electron chi connectivity index (χ0n) is 16.1. The van der Waals surface area contributed by atoms with Gasteiger partial charge in [0.25, 0.3) is 5.91 Å². The molecule has 0 bridgehead atoms. The summed E-state index contributed by atoms with van der Waals surface area (Å²) in [6.07, 6.45) is 4.10. The van der Waals surface area contributed by atoms with Gasteiger partial charge in [0.2, 0.25) is 0 Å². The number of piperazine rings is 1. The number of hydrogen-bond donors (Lipinski definition) is 0. The highest BCUT2D eigenvalue weighted by Crippen LogP contribution is 2.22. The van der Waals surface area contributed by atoms with Crippen molar-refractivity contribution < 1.29 is 4.79 Å². The monoisotopic (exact) mass is 364 g/mol. The van der Waals surface area contributed by atoms with Crippen molar-refractivity contribution in [2.45, 2.75) is 19.8 Å². The molecular weight excluding hydrogens is 336 g/mol. The summed E-state index contributed by atoms with van der Waals surface area (Å²) in [6, 6.07) is 14.4. The van der Waals surface area contributed by atoms with Crippen molar-refractivity contribution in [3.8, 4) is 0 Å². The van der Waals surface area contributed by atoms with Gasteiger partial charge in [-0.15, -0.1) is 0 Å². The Balaban J connectivity index is 1.42. The van der Waals surface area contributed by atoms with Crippen molar-refractivity contribution in [2.75, 3.05) is 49.1 Å². The Bertz CT molecular complexity index is 771. The molecule has 1 amide bonds. The molecule has 4 rings (SSSR count). The number of carbonyl (C=O) groups is 1. The lowest BCUT2D eigenvalue weighted by molar-refractivity contribution is 0.0683. The summed E-state index contributed by atoms with van der Waals surface area (Å²) in [5.41, 5.74) is 2.04. The van der Waals surface area contributed by atoms with Gasteiger partial charge in [0.15, 0.2) is 0 Å². The molecule has 1 unspecified atom stereocenters. The van der Waals surface area contributed by atoms with Gasteiger partial charge in [-0.3, -0.25) is 4.79 Å². The van der Waals surface area contributed by atoms with Crippen molar-refractivity contribution in [2.24, 2.45) is 5.92 Å². The average molecular weight is 364 g/mol. The maximum Gasteiger partial charge on any atom is 0.254 e. The molecule has 0 N–H and O–H groups in total. The fraction of sp³-hybridized carbons (Fsp3) is 0.455. The number of benzene rings is 1. The summed E-state index contributed by atoms with van der Waals surface area (Å²) in [5.74, 6) is 1.65. The number of pyridine rings is 1. The molecule has 2 aromatic rings. The fourth-order valence-electron chi connectivity index (χ4n) is 4.11. The second-order valence-electron chi connectivity index (χ2n) is 7.71. The van der Waals surface area contributed by atoms with Gasteiger partial charge < -0.3 is 14.7 Å². The summed E-state index contributed by atoms with van der Waals surface area (Å²) < 4.78 is 0. The number of aromatic nitrogens is 1. The van der Waals surface area contributed by atoms with Gasteiger partial charge in [-0.25, -0.2) is 4.98 Å². The van der Waals surface area contributed by atoms with E-state index in [1.165, 1.54) is 12.1 Å². The molecule has 2 aliphatic rings. The van der Waals surface area contributed by atoms with Gasteiger partial charge in [0, 0.05) is 56.7 Å². The molecule has 27 heavy (non-hydrogen) atoms. The van der Waals surface area contributed by atoms with Crippen LogP contribution < -0.4 is 9.80 Å². The maximum absolute atomic E-state index is 12.9. The van der Waals surface area contributed by atoms with E-state index in [1.807, 2.05) is 17.0 Å². The second-order valence-corrected chi connectivity index (χ2v) is 7.71. The van der Waals surface area contributed by atoms with Crippen molar-refractivity contribution in [3.05, 3.63) is 54.2 Å². The maximum atomic E-state index is 12.9. The Kier molecular flexibility index (Phi) is 5.28. The van der Waals surface area contributed by atoms with Gasteiger partial charge in [0.05, 0.1) is 0 Å². The molecular formula is C22H28N4O. The van der Waals surface area contributed by atoms with E-state index in [0.717, 1.165) is 57.1 Å². The Hall–Kier alpha value is -2.56. The third kappa shape index (κ3) is 4.07. The van der Waals surface area contributed by atoms with Crippen molar-refractivity contribution in [3.63, 3.8) is 0 Å². The number of likely N-dealkylation sites (tertiary alicyclic amines) is 1. The van der Waals surface area contributed by atoms with Gasteiger partial charge in [0.1, 0.15) is 5.82 Å². The molecule has 0 aliphatic carbocycles. The van der Waals surface area contributed by atoms with Crippen LogP contribution in [0.5, 0.6) is 0 Å². The molecule has 5 nitrogen and oxygen atoms in total. The molecule has 5 heteroatoms. The number of amides is 1. The predicted molar refractivity (Wildman–Crippen MR) is 109 cm³/mol. The Labute approximate surface area is 161 Å². The summed E-state index contributed by atoms with van der Waals surface area (Å²) in [6.45, 7) is 7.73. The van der Waals surface area contributed by atoms with Crippen LogP contribution in [0, 0.1) is 5.92 Å². The lowest BCUT2D eigenvalue weighted by Crippen LogP contribution is -2.47. The highest BCUT2D eigenvalue weighted by molar-refractivity contribution is 5.95. The number of carbonyl (C=O) groups excluding carboxylic acids is 1. The third-order valence-corrected chi connectivity index (χ3v) is 5.66. The minimum atomic E-state index is 0.146. The first-order valence-electron chi connectivity index (χ1n) is 10.0. The van der Waals surface area contributed by atoms with Crippen LogP contribution in [0.15, 0.2) is 48.7 Å². The van der Waals surface area contributed by atoms with Crippen LogP contribution in [0.4, 0.5) is 11.5 Å². The van der Waals surface area contributed by atoms with Crippen molar-refractivity contribution >= 4 is 17.4 Å². The van der Waals surface area contributed by atoms with Crippen LogP contribution in [0.25, 0.3) is 0 Å². The first-order valence-corrected chi connectivity index (χ1v) is 10.0. The SMILES string of the molecule is CC1CCCN(C(=O)c2ccnc(N3CCN(c4ccccc4)CC3)c2)C1. The number of para-hydroxylation sites is 1. The number of nitrogens with zero attached hydrogens (tertiary/aromatic N) is 4. The van der Waals surface area contributed by atoms with Crippen molar-refractivity contribution in [1.82, 2.24) is 9.88 Å². The number of piperidine rings is 1. The topological polar surface area (TPSA) is 39.7 Å². The predicted octanol–water partition coefficient (Wildman–Crippen LogP) is 3.28. The second kappa shape index (κ2) is 7.99. The fourth-order valence-corrected chi connectivity index (χ4v) is 4.11. The van der Waals surface area contributed by atoms with E-state index in [4.69, 9.17) is 0 Å². The molecule has 0 saturated carbocycles. The van der Waals surface area contributed by atoms with E-state index >= 15 is 0 Å². The number of rotatable bonds is 3. The standard InChI is InChI=1S/C22H28N4O/c1-18-6-5-11-26(17-18)22(27)19-9-10-23-21(16-19)25-14-12-24(13-15-25)20-7-3-2-4-8-20/h2-4,7-10,16,18H,5-6,11-15,17H2,1H3. The summed E-state index contributed by atoms with van der Waals surface area (Å²) >= 11 is 0. The molecule has 142 valence electrons. The summed E-state index contributed by atoms with van der Waals surface area (Å²) in [4.78, 5) is 24.1. The molecule has 0 radical (unpaired) electrons. The summed E-state index contributed by atoms with van der Waals surface area (Å²) in [5, 5.41) is 0. The highest BCUT2D eigenvalue weighted by Gasteiger charge is 2.24. The van der Waals surface area contributed by atoms with Crippen LogP contribution in [-0.2, 0) is 0 Å². The smallest absolute Gasteiger partial charge is 0.254 e. The minimum absolute atomic E-state index is 0.146. The van der Waals surface area contributed by atoms with Gasteiger partial charge in [-0.1, -0.05) is 25.1 Å². The largest absolute Gasteiger partial charge is 0.368 e. The van der Waals surface area contributed by atoms with Crippen molar-refractivity contribution in [1.29, 1.82) is 0 Å². The molecule has 1 atom stereocenters. The molecule has 2 aliphatic heterocycles. The Morgan fingerprint density at radius 1 is 1.00 bits per heavy atom. The summed E-state index contributed by atoms with van der Waals surface area (Å²) in [7, 11) is 0. The average Bonchev–Trinajstić information content (AvgIpc) is 2.74. The molecule has 3 heterocycles. The van der Waals surface area contributed by atoms with Crippen LogP contribution in [0.2, 0.25) is 0 Å².